The van der Waals surface area contributed by atoms with E-state index in [2.05, 4.69) is 15.1 Å². The number of hydrogen-bond acceptors (Lipinski definition) is 10. The lowest BCUT2D eigenvalue weighted by Crippen LogP contribution is -2.62. The minimum Gasteiger partial charge on any atom is -0.436 e. The smallest absolute Gasteiger partial charge is 0.436 e. The first kappa shape index (κ1) is 41.2. The molecule has 4 aliphatic heterocycles. The van der Waals surface area contributed by atoms with Crippen LogP contribution >= 0.6 is 11.6 Å². The van der Waals surface area contributed by atoms with Crippen molar-refractivity contribution in [1.82, 2.24) is 24.5 Å². The van der Waals surface area contributed by atoms with Crippen LogP contribution in [0.15, 0.2) is 36.4 Å². The van der Waals surface area contributed by atoms with Crippen LogP contribution in [0.3, 0.4) is 0 Å². The fourth-order valence-electron chi connectivity index (χ4n) is 7.98. The maximum absolute atomic E-state index is 14.5. The number of rotatable bonds is 8. The van der Waals surface area contributed by atoms with E-state index in [1.54, 1.807) is 11.8 Å². The van der Waals surface area contributed by atoms with Gasteiger partial charge in [-0.25, -0.2) is 14.4 Å². The number of ether oxygens (including phenoxy) is 3. The van der Waals surface area contributed by atoms with E-state index in [1.165, 1.54) is 15.9 Å². The number of benzene rings is 2. The van der Waals surface area contributed by atoms with Gasteiger partial charge in [0.25, 0.3) is 5.91 Å². The molecule has 306 valence electrons. The quantitative estimate of drug-likeness (QED) is 0.267. The van der Waals surface area contributed by atoms with E-state index in [0.29, 0.717) is 32.4 Å². The summed E-state index contributed by atoms with van der Waals surface area (Å²) in [6, 6.07) is 9.40. The number of nitrogens with one attached hydrogen (secondary N) is 1. The van der Waals surface area contributed by atoms with Gasteiger partial charge in [0.15, 0.2) is 12.3 Å². The van der Waals surface area contributed by atoms with Gasteiger partial charge in [-0.3, -0.25) is 9.69 Å². The predicted molar refractivity (Wildman–Crippen MR) is 201 cm³/mol. The predicted octanol–water partition coefficient (Wildman–Crippen LogP) is 5.28. The maximum Gasteiger partial charge on any atom is 0.510 e. The van der Waals surface area contributed by atoms with Crippen molar-refractivity contribution in [3.63, 3.8) is 0 Å². The van der Waals surface area contributed by atoms with Crippen molar-refractivity contribution in [3.05, 3.63) is 58.1 Å². The van der Waals surface area contributed by atoms with Crippen molar-refractivity contribution in [2.24, 2.45) is 0 Å². The molecule has 0 bridgehead atoms. The van der Waals surface area contributed by atoms with Crippen molar-refractivity contribution in [2.75, 3.05) is 77.1 Å². The number of carbonyl (C=O) groups is 4. The van der Waals surface area contributed by atoms with Gasteiger partial charge in [-0.05, 0) is 88.5 Å². The second-order valence-corrected chi connectivity index (χ2v) is 15.1. The molecular formula is C38H49ClF3N7O7. The molecule has 2 aromatic carbocycles. The third kappa shape index (κ3) is 9.72. The molecule has 3 saturated heterocycles. The van der Waals surface area contributed by atoms with Crippen LogP contribution in [0.1, 0.15) is 49.3 Å². The number of piperazine rings is 1. The number of amides is 4. The molecule has 0 aliphatic carbocycles. The second-order valence-electron chi connectivity index (χ2n) is 14.7. The van der Waals surface area contributed by atoms with Crippen LogP contribution in [0.5, 0.6) is 0 Å². The molecule has 0 radical (unpaired) electrons. The summed E-state index contributed by atoms with van der Waals surface area (Å²) in [5.74, 6) is -0.757. The topological polar surface area (TPSA) is 150 Å². The van der Waals surface area contributed by atoms with E-state index in [0.717, 1.165) is 43.2 Å². The van der Waals surface area contributed by atoms with Gasteiger partial charge < -0.3 is 44.9 Å². The number of nitrogens with two attached hydrogens (primary N) is 1. The summed E-state index contributed by atoms with van der Waals surface area (Å²) in [5, 5.41) is 2.60. The van der Waals surface area contributed by atoms with Crippen LogP contribution in [0.25, 0.3) is 0 Å². The van der Waals surface area contributed by atoms with Crippen LogP contribution in [0.2, 0.25) is 5.02 Å². The highest BCUT2D eigenvalue weighted by Gasteiger charge is 2.42. The minimum atomic E-state index is -4.85. The van der Waals surface area contributed by atoms with Crippen molar-refractivity contribution in [3.8, 4) is 0 Å². The number of nitrogens with zero attached hydrogens (tertiary/aromatic N) is 5. The number of fused-ring (bicyclic) bond motifs is 1. The van der Waals surface area contributed by atoms with Crippen molar-refractivity contribution in [2.45, 2.75) is 76.0 Å². The van der Waals surface area contributed by atoms with Gasteiger partial charge in [-0.2, -0.15) is 13.2 Å². The van der Waals surface area contributed by atoms with Gasteiger partial charge in [0, 0.05) is 56.9 Å². The number of piperidine rings is 2. The summed E-state index contributed by atoms with van der Waals surface area (Å²) >= 11 is 6.15. The van der Waals surface area contributed by atoms with E-state index in [1.807, 2.05) is 31.3 Å². The highest BCUT2D eigenvalue weighted by Crippen LogP contribution is 2.38. The van der Waals surface area contributed by atoms with Gasteiger partial charge in [-0.1, -0.05) is 29.8 Å². The molecular weight excluding hydrogens is 759 g/mol. The molecule has 4 heterocycles. The summed E-state index contributed by atoms with van der Waals surface area (Å²) in [5.41, 5.74) is 5.59. The highest BCUT2D eigenvalue weighted by atomic mass is 35.5. The summed E-state index contributed by atoms with van der Waals surface area (Å²) < 4.78 is 58.5. The molecule has 18 heteroatoms. The van der Waals surface area contributed by atoms with E-state index in [9.17, 15) is 32.3 Å². The number of halogens is 4. The molecule has 0 unspecified atom stereocenters. The van der Waals surface area contributed by atoms with Gasteiger partial charge in [-0.15, -0.1) is 0 Å². The number of anilines is 2. The SMILES string of the molecule is CCOC(=O)O[C@H]1CN(C2CCN(C)CC2)CCN1C(=O)[C@@H](Cc1cc(Cl)c(N)c(C(F)(F)F)c1)OC(=O)N1CCC(N2CCc3ccccc3NC2=O)CC1. The lowest BCUT2D eigenvalue weighted by molar-refractivity contribution is -0.161. The third-order valence-corrected chi connectivity index (χ3v) is 11.4. The molecule has 6 rings (SSSR count). The summed E-state index contributed by atoms with van der Waals surface area (Å²) in [4.78, 5) is 62.9. The van der Waals surface area contributed by atoms with E-state index >= 15 is 0 Å². The van der Waals surface area contributed by atoms with Gasteiger partial charge in [0.1, 0.15) is 0 Å². The molecule has 2 aromatic rings. The molecule has 14 nitrogen and oxygen atoms in total. The van der Waals surface area contributed by atoms with Gasteiger partial charge in [0.2, 0.25) is 0 Å². The largest absolute Gasteiger partial charge is 0.510 e. The first-order chi connectivity index (χ1) is 26.7. The fourth-order valence-corrected chi connectivity index (χ4v) is 8.22. The highest BCUT2D eigenvalue weighted by molar-refractivity contribution is 6.33. The zero-order valence-corrected chi connectivity index (χ0v) is 32.3. The molecule has 3 fully saturated rings. The van der Waals surface area contributed by atoms with Crippen LogP contribution in [0, 0.1) is 0 Å². The summed E-state index contributed by atoms with van der Waals surface area (Å²) in [6.07, 6.45) is -6.61. The Morgan fingerprint density at radius 3 is 2.38 bits per heavy atom. The van der Waals surface area contributed by atoms with E-state index in [-0.39, 0.29) is 61.5 Å². The Hall–Kier alpha value is -4.48. The molecule has 4 aliphatic rings. The Morgan fingerprint density at radius 1 is 0.982 bits per heavy atom. The third-order valence-electron chi connectivity index (χ3n) is 11.1. The molecule has 0 saturated carbocycles. The number of alkyl halides is 3. The first-order valence-corrected chi connectivity index (χ1v) is 19.4. The average molecular weight is 808 g/mol. The number of nitrogen functional groups attached to an aromatic ring is 1. The number of urea groups is 1. The zero-order valence-electron chi connectivity index (χ0n) is 31.6. The Morgan fingerprint density at radius 2 is 1.68 bits per heavy atom. The number of likely N-dealkylation sites (tertiary alicyclic amines) is 2. The summed E-state index contributed by atoms with van der Waals surface area (Å²) in [6.45, 7) is 5.00. The maximum atomic E-state index is 14.5. The molecule has 4 amide bonds. The fraction of sp³-hybridized carbons (Fsp3) is 0.579. The van der Waals surface area contributed by atoms with Crippen LogP contribution in [-0.2, 0) is 38.0 Å². The molecule has 56 heavy (non-hydrogen) atoms. The number of carbonyl (C=O) groups excluding carboxylic acids is 4. The second kappa shape index (κ2) is 17.8. The van der Waals surface area contributed by atoms with E-state index < -0.39 is 54.3 Å². The van der Waals surface area contributed by atoms with Crippen LogP contribution in [-0.4, -0.2) is 139 Å². The number of hydrogen-bond donors (Lipinski definition) is 2. The lowest BCUT2D eigenvalue weighted by Gasteiger charge is -2.45. The molecule has 0 aromatic heterocycles. The van der Waals surface area contributed by atoms with E-state index in [4.69, 9.17) is 31.5 Å². The van der Waals surface area contributed by atoms with Crippen LogP contribution in [0.4, 0.5) is 38.9 Å². The van der Waals surface area contributed by atoms with Crippen molar-refractivity contribution < 1.29 is 46.6 Å². The molecule has 3 N–H and O–H groups in total. The van der Waals surface area contributed by atoms with Crippen LogP contribution < -0.4 is 11.1 Å². The molecule has 2 atom stereocenters. The Balaban J connectivity index is 1.20. The first-order valence-electron chi connectivity index (χ1n) is 19.0. The van der Waals surface area contributed by atoms with Crippen molar-refractivity contribution in [1.29, 1.82) is 0 Å². The summed E-state index contributed by atoms with van der Waals surface area (Å²) in [7, 11) is 2.04. The number of para-hydroxylation sites is 1. The lowest BCUT2D eigenvalue weighted by atomic mass is 10.0. The average Bonchev–Trinajstić information content (AvgIpc) is 3.33. The van der Waals surface area contributed by atoms with Gasteiger partial charge >= 0.3 is 24.5 Å². The Labute approximate surface area is 328 Å². The minimum absolute atomic E-state index is 0.0324. The normalized spacial score (nSPS) is 21.1. The monoisotopic (exact) mass is 807 g/mol. The Bertz CT molecular complexity index is 1750. The zero-order chi connectivity index (χ0) is 40.1. The Kier molecular flexibility index (Phi) is 13.1. The molecule has 0 spiro atoms. The standard InChI is InChI=1S/C38H49ClF3N7O7/c1-3-54-37(53)56-32-23-47(26-9-13-45(2)14-10-26)18-19-49(32)34(50)31(22-24-20-28(38(40,41)42)33(43)29(39)21-24)55-36(52)46-15-11-27(12-16-46)48-17-8-25-6-4-5-7-30(25)44-35(48)51/h4-7,20-21,26-27,31-32H,3,8-19,22-23,43H2,1-2H3,(H,44,51)/t31-,32+/m1/s1. The van der Waals surface area contributed by atoms with Gasteiger partial charge in [0.05, 0.1) is 29.4 Å². The van der Waals surface area contributed by atoms with Crippen molar-refractivity contribution >= 4 is 47.2 Å².